The molecule has 1 nitrogen and oxygen atoms in total. The summed E-state index contributed by atoms with van der Waals surface area (Å²) in [6.45, 7) is 2.00. The molecule has 1 aromatic heterocycles. The molecule has 10 heavy (non-hydrogen) atoms. The van der Waals surface area contributed by atoms with Gasteiger partial charge in [-0.2, -0.15) is 0 Å². The first-order valence-corrected chi connectivity index (χ1v) is 13.6. The van der Waals surface area contributed by atoms with E-state index in [1.165, 1.54) is 3.78 Å². The Kier molecular flexibility index (Phi) is 2.13. The normalized spacial score (nSPS) is 12.0. The maximum absolute atomic E-state index is 5.54. The van der Waals surface area contributed by atoms with Crippen LogP contribution in [0.5, 0.6) is 0 Å². The van der Waals surface area contributed by atoms with Crippen LogP contribution in [0.3, 0.4) is 0 Å². The van der Waals surface area contributed by atoms with Crippen LogP contribution in [-0.4, -0.2) is 18.4 Å². The van der Waals surface area contributed by atoms with E-state index < -0.39 is 18.4 Å². The number of aryl methyl sites for hydroxylation is 1. The van der Waals surface area contributed by atoms with Crippen LogP contribution in [0.25, 0.3) is 0 Å². The molecule has 0 saturated heterocycles. The van der Waals surface area contributed by atoms with E-state index in [4.69, 9.17) is 4.42 Å². The maximum atomic E-state index is 5.54. The first-order chi connectivity index (χ1) is 4.50. The summed E-state index contributed by atoms with van der Waals surface area (Å²) in [4.78, 5) is 7.06. The zero-order valence-electron chi connectivity index (χ0n) is 7.06. The Morgan fingerprint density at radius 1 is 1.20 bits per heavy atom. The third-order valence-corrected chi connectivity index (χ3v) is 6.47. The van der Waals surface area contributed by atoms with Gasteiger partial charge in [0, 0.05) is 0 Å². The van der Waals surface area contributed by atoms with Crippen molar-refractivity contribution in [2.24, 2.45) is 0 Å². The molecule has 0 atom stereocenters. The van der Waals surface area contributed by atoms with E-state index in [1.54, 1.807) is 0 Å². The number of hydrogen-bond acceptors (Lipinski definition) is 1. The molecule has 56 valence electrons. The third kappa shape index (κ3) is 1.78. The molecule has 0 N–H and O–H groups in total. The fourth-order valence-electron chi connectivity index (χ4n) is 0.838. The van der Waals surface area contributed by atoms with Crippen molar-refractivity contribution in [3.05, 3.63) is 17.9 Å². The standard InChI is InChI=1S/C5H5O.3CH3.Sn/c1-5-3-2-4-6-5;;;;/h2-3H,1H3;3*1H3;. The SMILES string of the molecule is Cc1cc[c]([Sn]([CH3])([CH3])[CH3])o1. The van der Waals surface area contributed by atoms with Gasteiger partial charge in [-0.15, -0.1) is 0 Å². The average molecular weight is 245 g/mol. The average Bonchev–Trinajstić information content (AvgIpc) is 2.11. The summed E-state index contributed by atoms with van der Waals surface area (Å²) in [7, 11) is 0. The molecule has 1 rings (SSSR count). The van der Waals surface area contributed by atoms with E-state index in [2.05, 4.69) is 27.0 Å². The van der Waals surface area contributed by atoms with Gasteiger partial charge >= 0.3 is 66.2 Å². The van der Waals surface area contributed by atoms with Gasteiger partial charge in [-0.05, 0) is 0 Å². The van der Waals surface area contributed by atoms with E-state index in [0.29, 0.717) is 0 Å². The summed E-state index contributed by atoms with van der Waals surface area (Å²) < 4.78 is 6.81. The van der Waals surface area contributed by atoms with Crippen LogP contribution in [-0.2, 0) is 0 Å². The quantitative estimate of drug-likeness (QED) is 0.690. The monoisotopic (exact) mass is 246 g/mol. The van der Waals surface area contributed by atoms with Crippen molar-refractivity contribution in [1.29, 1.82) is 0 Å². The first kappa shape index (κ1) is 8.18. The molecule has 0 bridgehead atoms. The first-order valence-electron chi connectivity index (χ1n) is 3.57. The van der Waals surface area contributed by atoms with E-state index in [0.717, 1.165) is 5.76 Å². The second kappa shape index (κ2) is 2.61. The van der Waals surface area contributed by atoms with E-state index in [-0.39, 0.29) is 0 Å². The summed E-state index contributed by atoms with van der Waals surface area (Å²) in [6, 6.07) is 4.18. The molecule has 0 aliphatic carbocycles. The van der Waals surface area contributed by atoms with Gasteiger partial charge < -0.3 is 0 Å². The van der Waals surface area contributed by atoms with E-state index >= 15 is 0 Å². The number of furan rings is 1. The van der Waals surface area contributed by atoms with Gasteiger partial charge in [0.1, 0.15) is 0 Å². The Morgan fingerprint density at radius 2 is 1.80 bits per heavy atom. The molecular weight excluding hydrogens is 231 g/mol. The van der Waals surface area contributed by atoms with Crippen LogP contribution >= 0.6 is 0 Å². The van der Waals surface area contributed by atoms with Crippen molar-refractivity contribution in [1.82, 2.24) is 0 Å². The van der Waals surface area contributed by atoms with Gasteiger partial charge in [0.2, 0.25) is 0 Å². The fourth-order valence-corrected chi connectivity index (χ4v) is 3.84. The molecule has 0 aliphatic rings. The van der Waals surface area contributed by atoms with Gasteiger partial charge in [0.15, 0.2) is 0 Å². The summed E-state index contributed by atoms with van der Waals surface area (Å²) in [5.74, 6) is 1.04. The number of rotatable bonds is 1. The molecule has 2 heteroatoms. The van der Waals surface area contributed by atoms with Crippen molar-refractivity contribution >= 4 is 22.2 Å². The minimum absolute atomic E-state index is 1.04. The molecule has 0 aliphatic heterocycles. The molecular formula is C8H14OSn. The minimum atomic E-state index is -1.86. The summed E-state index contributed by atoms with van der Waals surface area (Å²) in [6.07, 6.45) is 0. The summed E-state index contributed by atoms with van der Waals surface area (Å²) >= 11 is -1.86. The topological polar surface area (TPSA) is 13.1 Å². The molecule has 0 fully saturated rings. The van der Waals surface area contributed by atoms with Crippen LogP contribution in [0.4, 0.5) is 0 Å². The van der Waals surface area contributed by atoms with Crippen molar-refractivity contribution in [3.8, 4) is 0 Å². The second-order valence-corrected chi connectivity index (χ2v) is 17.9. The van der Waals surface area contributed by atoms with Crippen molar-refractivity contribution in [2.75, 3.05) is 0 Å². The van der Waals surface area contributed by atoms with Gasteiger partial charge in [0.05, 0.1) is 0 Å². The molecule has 0 amide bonds. The van der Waals surface area contributed by atoms with E-state index in [9.17, 15) is 0 Å². The molecule has 0 aromatic carbocycles. The summed E-state index contributed by atoms with van der Waals surface area (Å²) in [5, 5.41) is 0. The molecule has 1 heterocycles. The molecule has 0 spiro atoms. The second-order valence-electron chi connectivity index (χ2n) is 3.66. The van der Waals surface area contributed by atoms with Crippen LogP contribution < -0.4 is 3.78 Å². The van der Waals surface area contributed by atoms with Gasteiger partial charge in [-0.1, -0.05) is 0 Å². The fraction of sp³-hybridized carbons (Fsp3) is 0.500. The summed E-state index contributed by atoms with van der Waals surface area (Å²) in [5.41, 5.74) is 0. The van der Waals surface area contributed by atoms with Gasteiger partial charge in [-0.25, -0.2) is 0 Å². The van der Waals surface area contributed by atoms with Crippen molar-refractivity contribution in [3.63, 3.8) is 0 Å². The third-order valence-electron chi connectivity index (χ3n) is 1.48. The van der Waals surface area contributed by atoms with Crippen molar-refractivity contribution < 1.29 is 4.42 Å². The predicted octanol–water partition coefficient (Wildman–Crippen LogP) is 2.13. The zero-order chi connectivity index (χ0) is 7.78. The predicted molar refractivity (Wildman–Crippen MR) is 46.4 cm³/mol. The van der Waals surface area contributed by atoms with E-state index in [1.807, 2.05) is 6.92 Å². The van der Waals surface area contributed by atoms with Crippen LogP contribution in [0, 0.1) is 6.92 Å². The van der Waals surface area contributed by atoms with Crippen LogP contribution in [0.1, 0.15) is 5.76 Å². The van der Waals surface area contributed by atoms with Crippen LogP contribution in [0.15, 0.2) is 16.5 Å². The molecule has 0 saturated carbocycles. The molecule has 0 radical (unpaired) electrons. The Morgan fingerprint density at radius 3 is 2.00 bits per heavy atom. The molecule has 0 unspecified atom stereocenters. The molecule has 1 aromatic rings. The van der Waals surface area contributed by atoms with Crippen molar-refractivity contribution in [2.45, 2.75) is 21.7 Å². The van der Waals surface area contributed by atoms with Gasteiger partial charge in [0.25, 0.3) is 0 Å². The Labute approximate surface area is 66.3 Å². The van der Waals surface area contributed by atoms with Crippen LogP contribution in [0.2, 0.25) is 14.8 Å². The Hall–Kier alpha value is 0.0787. The zero-order valence-corrected chi connectivity index (χ0v) is 9.92. The Bertz CT molecular complexity index is 219. The Balaban J connectivity index is 2.96. The number of hydrogen-bond donors (Lipinski definition) is 0. The van der Waals surface area contributed by atoms with Gasteiger partial charge in [-0.3, -0.25) is 0 Å².